The maximum atomic E-state index is 12.4. The van der Waals surface area contributed by atoms with Gasteiger partial charge in [0.15, 0.2) is 0 Å². The van der Waals surface area contributed by atoms with E-state index in [0.717, 1.165) is 24.4 Å². The Labute approximate surface area is 164 Å². The summed E-state index contributed by atoms with van der Waals surface area (Å²) in [5.74, 6) is 0.0917. The molecule has 1 aliphatic rings. The number of rotatable bonds is 6. The van der Waals surface area contributed by atoms with Crippen LogP contribution in [-0.4, -0.2) is 28.5 Å². The van der Waals surface area contributed by atoms with Gasteiger partial charge in [-0.05, 0) is 41.1 Å². The monoisotopic (exact) mass is 379 g/mol. The number of nitrogens with one attached hydrogen (secondary N) is 1. The van der Waals surface area contributed by atoms with Gasteiger partial charge in [0.2, 0.25) is 5.91 Å². The molecular formula is C22H25N3OS. The van der Waals surface area contributed by atoms with Crippen LogP contribution in [0.3, 0.4) is 0 Å². The van der Waals surface area contributed by atoms with Crippen LogP contribution in [0, 0.1) is 0 Å². The summed E-state index contributed by atoms with van der Waals surface area (Å²) < 4.78 is 2.16. The first-order chi connectivity index (χ1) is 13.2. The van der Waals surface area contributed by atoms with Crippen LogP contribution >= 0.6 is 11.3 Å². The van der Waals surface area contributed by atoms with Crippen molar-refractivity contribution in [3.63, 3.8) is 0 Å². The molecule has 0 saturated carbocycles. The van der Waals surface area contributed by atoms with E-state index in [4.69, 9.17) is 0 Å². The van der Waals surface area contributed by atoms with Crippen molar-refractivity contribution in [1.82, 2.24) is 14.8 Å². The van der Waals surface area contributed by atoms with Gasteiger partial charge in [-0.1, -0.05) is 30.3 Å². The summed E-state index contributed by atoms with van der Waals surface area (Å²) in [5.41, 5.74) is 4.08. The number of carbonyl (C=O) groups is 1. The van der Waals surface area contributed by atoms with Gasteiger partial charge in [0, 0.05) is 43.4 Å². The molecule has 0 radical (unpaired) electrons. The minimum atomic E-state index is 0.0917. The van der Waals surface area contributed by atoms with Crippen LogP contribution in [-0.2, 0) is 31.2 Å². The van der Waals surface area contributed by atoms with Gasteiger partial charge in [0.05, 0.1) is 12.5 Å². The number of hydrogen-bond donors (Lipinski definition) is 1. The molecule has 1 N–H and O–H groups in total. The number of fused-ring (bicyclic) bond motifs is 1. The molecule has 1 atom stereocenters. The SMILES string of the molecule is Cn1cccc1C(CNC(=O)Cc1cccs1)N1CCc2ccccc2C1. The van der Waals surface area contributed by atoms with Crippen molar-refractivity contribution in [1.29, 1.82) is 0 Å². The Balaban J connectivity index is 1.48. The maximum absolute atomic E-state index is 12.4. The van der Waals surface area contributed by atoms with Gasteiger partial charge in [-0.3, -0.25) is 9.69 Å². The molecular weight excluding hydrogens is 354 g/mol. The normalized spacial score (nSPS) is 15.3. The Morgan fingerprint density at radius 3 is 2.74 bits per heavy atom. The molecule has 140 valence electrons. The second-order valence-corrected chi connectivity index (χ2v) is 8.14. The third-order valence-corrected chi connectivity index (χ3v) is 6.21. The molecule has 1 aliphatic heterocycles. The van der Waals surface area contributed by atoms with Gasteiger partial charge >= 0.3 is 0 Å². The molecule has 2 aromatic heterocycles. The van der Waals surface area contributed by atoms with Gasteiger partial charge in [-0.2, -0.15) is 0 Å². The lowest BCUT2D eigenvalue weighted by Gasteiger charge is -2.36. The first-order valence-corrected chi connectivity index (χ1v) is 10.3. The Morgan fingerprint density at radius 2 is 2.00 bits per heavy atom. The maximum Gasteiger partial charge on any atom is 0.225 e. The first-order valence-electron chi connectivity index (χ1n) is 9.42. The summed E-state index contributed by atoms with van der Waals surface area (Å²) in [6.07, 6.45) is 3.59. The van der Waals surface area contributed by atoms with Crippen molar-refractivity contribution in [3.8, 4) is 0 Å². The summed E-state index contributed by atoms with van der Waals surface area (Å²) in [7, 11) is 2.08. The predicted molar refractivity (Wildman–Crippen MR) is 110 cm³/mol. The molecule has 0 spiro atoms. The summed E-state index contributed by atoms with van der Waals surface area (Å²) in [6, 6.07) is 17.1. The van der Waals surface area contributed by atoms with Gasteiger partial charge in [0.25, 0.3) is 0 Å². The Bertz CT molecular complexity index is 900. The van der Waals surface area contributed by atoms with Crippen molar-refractivity contribution in [2.24, 2.45) is 7.05 Å². The van der Waals surface area contributed by atoms with Crippen molar-refractivity contribution in [3.05, 3.63) is 81.8 Å². The zero-order chi connectivity index (χ0) is 18.6. The topological polar surface area (TPSA) is 37.3 Å². The van der Waals surface area contributed by atoms with Crippen molar-refractivity contribution >= 4 is 17.2 Å². The number of amides is 1. The molecule has 27 heavy (non-hydrogen) atoms. The van der Waals surface area contributed by atoms with E-state index in [-0.39, 0.29) is 11.9 Å². The highest BCUT2D eigenvalue weighted by Crippen LogP contribution is 2.27. The molecule has 0 saturated heterocycles. The molecule has 1 amide bonds. The number of thiophene rings is 1. The van der Waals surface area contributed by atoms with Crippen molar-refractivity contribution < 1.29 is 4.79 Å². The van der Waals surface area contributed by atoms with Crippen molar-refractivity contribution in [2.75, 3.05) is 13.1 Å². The molecule has 4 nitrogen and oxygen atoms in total. The molecule has 5 heteroatoms. The summed E-state index contributed by atoms with van der Waals surface area (Å²) in [4.78, 5) is 16.0. The molecule has 1 aromatic carbocycles. The van der Waals surface area contributed by atoms with Crippen LogP contribution in [0.5, 0.6) is 0 Å². The van der Waals surface area contributed by atoms with E-state index in [2.05, 4.69) is 64.4 Å². The zero-order valence-corrected chi connectivity index (χ0v) is 16.4. The lowest BCUT2D eigenvalue weighted by Crippen LogP contribution is -2.41. The summed E-state index contributed by atoms with van der Waals surface area (Å²) in [5, 5.41) is 5.18. The van der Waals surface area contributed by atoms with Crippen LogP contribution in [0.1, 0.15) is 27.7 Å². The zero-order valence-electron chi connectivity index (χ0n) is 15.6. The summed E-state index contributed by atoms with van der Waals surface area (Å²) >= 11 is 1.63. The largest absolute Gasteiger partial charge is 0.354 e. The second kappa shape index (κ2) is 8.11. The smallest absolute Gasteiger partial charge is 0.225 e. The van der Waals surface area contributed by atoms with Gasteiger partial charge in [-0.15, -0.1) is 11.3 Å². The lowest BCUT2D eigenvalue weighted by atomic mass is 9.98. The van der Waals surface area contributed by atoms with Crippen LogP contribution in [0.25, 0.3) is 0 Å². The number of hydrogen-bond acceptors (Lipinski definition) is 3. The van der Waals surface area contributed by atoms with Crippen LogP contribution in [0.15, 0.2) is 60.1 Å². The van der Waals surface area contributed by atoms with Gasteiger partial charge in [-0.25, -0.2) is 0 Å². The van der Waals surface area contributed by atoms with E-state index in [1.54, 1.807) is 11.3 Å². The number of carbonyl (C=O) groups excluding carboxylic acids is 1. The fourth-order valence-corrected chi connectivity index (χ4v) is 4.57. The van der Waals surface area contributed by atoms with Crippen LogP contribution < -0.4 is 5.32 Å². The molecule has 0 bridgehead atoms. The molecule has 3 aromatic rings. The fraction of sp³-hybridized carbons (Fsp3) is 0.318. The molecule has 0 fully saturated rings. The average molecular weight is 380 g/mol. The van der Waals surface area contributed by atoms with Crippen LogP contribution in [0.2, 0.25) is 0 Å². The fourth-order valence-electron chi connectivity index (χ4n) is 3.87. The Kier molecular flexibility index (Phi) is 5.41. The number of aryl methyl sites for hydroxylation is 1. The molecule has 0 aliphatic carbocycles. The molecule has 4 rings (SSSR count). The number of benzene rings is 1. The second-order valence-electron chi connectivity index (χ2n) is 7.11. The highest BCUT2D eigenvalue weighted by atomic mass is 32.1. The quantitative estimate of drug-likeness (QED) is 0.711. The minimum absolute atomic E-state index is 0.0917. The summed E-state index contributed by atoms with van der Waals surface area (Å²) in [6.45, 7) is 2.56. The first kappa shape index (κ1) is 18.0. The molecule has 1 unspecified atom stereocenters. The standard InChI is InChI=1S/C22H25N3OS/c1-24-11-4-9-20(24)21(15-23-22(26)14-19-8-5-13-27-19)25-12-10-17-6-2-3-7-18(17)16-25/h2-9,11,13,21H,10,12,14-16H2,1H3,(H,23,26). The van der Waals surface area contributed by atoms with E-state index in [9.17, 15) is 4.79 Å². The van der Waals surface area contributed by atoms with E-state index in [1.165, 1.54) is 16.8 Å². The number of nitrogens with zero attached hydrogens (tertiary/aromatic N) is 2. The minimum Gasteiger partial charge on any atom is -0.354 e. The predicted octanol–water partition coefficient (Wildman–Crippen LogP) is 3.54. The third kappa shape index (κ3) is 4.15. The van der Waals surface area contributed by atoms with Crippen LogP contribution in [0.4, 0.5) is 0 Å². The van der Waals surface area contributed by atoms with E-state index in [0.29, 0.717) is 13.0 Å². The Hall–Kier alpha value is -2.37. The van der Waals surface area contributed by atoms with Gasteiger partial charge in [0.1, 0.15) is 0 Å². The average Bonchev–Trinajstić information content (AvgIpc) is 3.34. The third-order valence-electron chi connectivity index (χ3n) is 5.33. The van der Waals surface area contributed by atoms with E-state index >= 15 is 0 Å². The van der Waals surface area contributed by atoms with E-state index < -0.39 is 0 Å². The van der Waals surface area contributed by atoms with Gasteiger partial charge < -0.3 is 9.88 Å². The van der Waals surface area contributed by atoms with Crippen molar-refractivity contribution in [2.45, 2.75) is 25.4 Å². The molecule has 3 heterocycles. The Morgan fingerprint density at radius 1 is 1.15 bits per heavy atom. The highest BCUT2D eigenvalue weighted by molar-refractivity contribution is 7.10. The number of aromatic nitrogens is 1. The van der Waals surface area contributed by atoms with E-state index in [1.807, 2.05) is 17.5 Å². The lowest BCUT2D eigenvalue weighted by molar-refractivity contribution is -0.120. The highest BCUT2D eigenvalue weighted by Gasteiger charge is 2.26.